The number of nitrogens with zero attached hydrogens (tertiary/aromatic N) is 4. The van der Waals surface area contributed by atoms with E-state index in [0.29, 0.717) is 24.2 Å². The third-order valence-corrected chi connectivity index (χ3v) is 6.06. The molecule has 6 nitrogen and oxygen atoms in total. The Balaban J connectivity index is 1.66. The normalized spacial score (nSPS) is 21.1. The van der Waals surface area contributed by atoms with Gasteiger partial charge in [-0.05, 0) is 44.0 Å². The number of nitrogens with one attached hydrogen (secondary N) is 2. The topological polar surface area (TPSA) is 76.9 Å². The maximum atomic E-state index is 9.28. The van der Waals surface area contributed by atoms with Crippen molar-refractivity contribution in [3.05, 3.63) is 63.3 Å². The molecule has 4 rings (SSSR count). The van der Waals surface area contributed by atoms with Gasteiger partial charge in [0, 0.05) is 41.8 Å². The first kappa shape index (κ1) is 19.2. The number of hydrogen-bond donors (Lipinski definition) is 2. The van der Waals surface area contributed by atoms with E-state index in [1.807, 2.05) is 39.0 Å². The monoisotopic (exact) mass is 386 g/mol. The summed E-state index contributed by atoms with van der Waals surface area (Å²) in [5.74, 6) is 0.732. The van der Waals surface area contributed by atoms with Gasteiger partial charge >= 0.3 is 0 Å². The average Bonchev–Trinajstić information content (AvgIpc) is 2.70. The SMILES string of the molecule is C=C(/C=c1/c(NCc2cccc(C#N)c2C)nnc(C)/c1=C/C)N1C[C@@H]2NCC21. The van der Waals surface area contributed by atoms with Crippen LogP contribution in [0.25, 0.3) is 12.2 Å². The van der Waals surface area contributed by atoms with Crippen LogP contribution in [-0.4, -0.2) is 40.3 Å². The van der Waals surface area contributed by atoms with Crippen LogP contribution < -0.4 is 21.1 Å². The highest BCUT2D eigenvalue weighted by atomic mass is 15.4. The molecule has 1 unspecified atom stereocenters. The van der Waals surface area contributed by atoms with E-state index in [-0.39, 0.29) is 0 Å². The summed E-state index contributed by atoms with van der Waals surface area (Å²) >= 11 is 0. The summed E-state index contributed by atoms with van der Waals surface area (Å²) in [4.78, 5) is 2.35. The number of likely N-dealkylation sites (tertiary alicyclic amines) is 1. The largest absolute Gasteiger partial charge is 0.364 e. The van der Waals surface area contributed by atoms with Crippen molar-refractivity contribution in [2.75, 3.05) is 18.4 Å². The van der Waals surface area contributed by atoms with E-state index in [4.69, 9.17) is 0 Å². The molecule has 1 aromatic heterocycles. The zero-order valence-electron chi connectivity index (χ0n) is 17.2. The van der Waals surface area contributed by atoms with Gasteiger partial charge in [-0.25, -0.2) is 0 Å². The van der Waals surface area contributed by atoms with Crippen LogP contribution in [0.5, 0.6) is 0 Å². The lowest BCUT2D eigenvalue weighted by molar-refractivity contribution is 0.0184. The second-order valence-electron chi connectivity index (χ2n) is 7.68. The molecule has 0 radical (unpaired) electrons. The molecule has 2 atom stereocenters. The van der Waals surface area contributed by atoms with Crippen molar-refractivity contribution in [1.82, 2.24) is 20.4 Å². The molecule has 0 amide bonds. The maximum Gasteiger partial charge on any atom is 0.156 e. The molecule has 0 saturated carbocycles. The van der Waals surface area contributed by atoms with E-state index in [2.05, 4.69) is 50.5 Å². The minimum Gasteiger partial charge on any atom is -0.364 e. The molecule has 0 aliphatic carbocycles. The summed E-state index contributed by atoms with van der Waals surface area (Å²) in [7, 11) is 0. The van der Waals surface area contributed by atoms with Gasteiger partial charge in [-0.3, -0.25) is 0 Å². The molecular weight excluding hydrogens is 360 g/mol. The van der Waals surface area contributed by atoms with E-state index < -0.39 is 0 Å². The Morgan fingerprint density at radius 3 is 2.83 bits per heavy atom. The van der Waals surface area contributed by atoms with Gasteiger partial charge in [0.05, 0.1) is 23.4 Å². The third-order valence-electron chi connectivity index (χ3n) is 6.06. The van der Waals surface area contributed by atoms with Crippen molar-refractivity contribution in [2.45, 2.75) is 39.4 Å². The van der Waals surface area contributed by atoms with Crippen LogP contribution in [0.1, 0.15) is 29.3 Å². The first-order valence-corrected chi connectivity index (χ1v) is 9.96. The lowest BCUT2D eigenvalue weighted by Crippen LogP contribution is -2.76. The van der Waals surface area contributed by atoms with E-state index in [1.165, 1.54) is 0 Å². The number of nitriles is 1. The minimum absolute atomic E-state index is 0.566. The van der Waals surface area contributed by atoms with Crippen LogP contribution in [0.4, 0.5) is 5.82 Å². The Morgan fingerprint density at radius 2 is 2.21 bits per heavy atom. The summed E-state index contributed by atoms with van der Waals surface area (Å²) in [5, 5.41) is 27.0. The fourth-order valence-corrected chi connectivity index (χ4v) is 4.06. The van der Waals surface area contributed by atoms with Gasteiger partial charge < -0.3 is 15.5 Å². The second-order valence-corrected chi connectivity index (χ2v) is 7.68. The number of aromatic nitrogens is 2. The molecule has 2 aliphatic rings. The fourth-order valence-electron chi connectivity index (χ4n) is 4.06. The molecular formula is C23H26N6. The molecule has 6 heteroatoms. The van der Waals surface area contributed by atoms with Crippen LogP contribution >= 0.6 is 0 Å². The van der Waals surface area contributed by atoms with Crippen LogP contribution in [0.2, 0.25) is 0 Å². The zero-order chi connectivity index (χ0) is 20.5. The van der Waals surface area contributed by atoms with Crippen LogP contribution in [0, 0.1) is 25.2 Å². The first-order valence-electron chi connectivity index (χ1n) is 9.96. The van der Waals surface area contributed by atoms with Gasteiger partial charge in [-0.1, -0.05) is 24.8 Å². The van der Waals surface area contributed by atoms with E-state index in [0.717, 1.165) is 51.9 Å². The number of hydrogen-bond acceptors (Lipinski definition) is 6. The van der Waals surface area contributed by atoms with Crippen molar-refractivity contribution >= 4 is 18.0 Å². The molecule has 2 aliphatic heterocycles. The molecule has 2 N–H and O–H groups in total. The van der Waals surface area contributed by atoms with Gasteiger partial charge in [0.1, 0.15) is 0 Å². The summed E-state index contributed by atoms with van der Waals surface area (Å²) in [6.07, 6.45) is 4.19. The predicted molar refractivity (Wildman–Crippen MR) is 115 cm³/mol. The lowest BCUT2D eigenvalue weighted by atomic mass is 9.88. The number of allylic oxidation sites excluding steroid dienone is 1. The summed E-state index contributed by atoms with van der Waals surface area (Å²) in [5.41, 5.74) is 4.66. The minimum atomic E-state index is 0.566. The van der Waals surface area contributed by atoms with Gasteiger partial charge in [0.15, 0.2) is 5.82 Å². The maximum absolute atomic E-state index is 9.28. The molecule has 0 bridgehead atoms. The van der Waals surface area contributed by atoms with E-state index in [1.54, 1.807) is 0 Å². The van der Waals surface area contributed by atoms with Crippen molar-refractivity contribution in [3.63, 3.8) is 0 Å². The van der Waals surface area contributed by atoms with Crippen LogP contribution in [-0.2, 0) is 6.54 Å². The quantitative estimate of drug-likeness (QED) is 0.807. The van der Waals surface area contributed by atoms with Crippen molar-refractivity contribution < 1.29 is 0 Å². The van der Waals surface area contributed by atoms with E-state index in [9.17, 15) is 5.26 Å². The Kier molecular flexibility index (Phi) is 5.08. The Morgan fingerprint density at radius 1 is 1.38 bits per heavy atom. The van der Waals surface area contributed by atoms with Crippen LogP contribution in [0.15, 0.2) is 30.5 Å². The summed E-state index contributed by atoms with van der Waals surface area (Å²) < 4.78 is 0. The van der Waals surface area contributed by atoms with E-state index >= 15 is 0 Å². The number of fused-ring (bicyclic) bond motifs is 1. The Labute approximate surface area is 171 Å². The highest BCUT2D eigenvalue weighted by Gasteiger charge is 2.45. The summed E-state index contributed by atoms with van der Waals surface area (Å²) in [6, 6.07) is 9.21. The highest BCUT2D eigenvalue weighted by molar-refractivity contribution is 5.55. The van der Waals surface area contributed by atoms with Gasteiger partial charge in [-0.15, -0.1) is 5.10 Å². The third kappa shape index (κ3) is 3.39. The van der Waals surface area contributed by atoms with Gasteiger partial charge in [-0.2, -0.15) is 10.4 Å². The zero-order valence-corrected chi connectivity index (χ0v) is 17.2. The molecule has 0 spiro atoms. The van der Waals surface area contributed by atoms with Crippen molar-refractivity contribution in [2.24, 2.45) is 0 Å². The molecule has 1 aromatic carbocycles. The first-order chi connectivity index (χ1) is 14.0. The lowest BCUT2D eigenvalue weighted by Gasteiger charge is -2.57. The van der Waals surface area contributed by atoms with Gasteiger partial charge in [0.25, 0.3) is 0 Å². The standard InChI is InChI=1S/C23H26N6/c1-5-19-16(4)27-28-23(26-11-18-8-6-7-17(10-24)15(18)3)20(19)9-14(2)29-13-21-22(29)12-25-21/h5-9,21-22,25H,2,11-13H2,1,3-4H3,(H,26,28)/b19-5-,20-9+/t21-,22?/m0/s1. The molecule has 29 heavy (non-hydrogen) atoms. The highest BCUT2D eigenvalue weighted by Crippen LogP contribution is 2.28. The Bertz CT molecular complexity index is 1130. The number of benzene rings is 1. The van der Waals surface area contributed by atoms with Crippen LogP contribution in [0.3, 0.4) is 0 Å². The van der Waals surface area contributed by atoms with Gasteiger partial charge in [0.2, 0.25) is 0 Å². The predicted octanol–water partition coefficient (Wildman–Crippen LogP) is 1.33. The number of rotatable bonds is 5. The molecule has 2 fully saturated rings. The average molecular weight is 387 g/mol. The smallest absolute Gasteiger partial charge is 0.156 e. The number of piperazine rings is 1. The van der Waals surface area contributed by atoms with Crippen molar-refractivity contribution in [1.29, 1.82) is 5.26 Å². The van der Waals surface area contributed by atoms with Crippen molar-refractivity contribution in [3.8, 4) is 6.07 Å². The Hall–Kier alpha value is -3.17. The number of anilines is 1. The fraction of sp³-hybridized carbons (Fsp3) is 0.348. The molecule has 2 saturated heterocycles. The molecule has 148 valence electrons. The molecule has 2 aromatic rings. The number of aryl methyl sites for hydroxylation is 1. The molecule has 3 heterocycles. The summed E-state index contributed by atoms with van der Waals surface area (Å²) in [6.45, 7) is 12.9. The second kappa shape index (κ2) is 7.69.